The van der Waals surface area contributed by atoms with Crippen LogP contribution in [-0.2, 0) is 9.53 Å². The first kappa shape index (κ1) is 19.2. The zero-order valence-electron chi connectivity index (χ0n) is 15.4. The Labute approximate surface area is 157 Å². The number of hydrogen-bond acceptors (Lipinski definition) is 6. The zero-order valence-corrected chi connectivity index (χ0v) is 15.4. The lowest BCUT2D eigenvalue weighted by atomic mass is 10.1. The second-order valence-electron chi connectivity index (χ2n) is 6.78. The number of nitrogens with zero attached hydrogens (tertiary/aromatic N) is 4. The Morgan fingerprint density at radius 3 is 2.93 bits per heavy atom. The van der Waals surface area contributed by atoms with Crippen LogP contribution in [0.2, 0.25) is 0 Å². The van der Waals surface area contributed by atoms with E-state index in [0.717, 1.165) is 11.4 Å². The molecule has 0 aliphatic carbocycles. The summed E-state index contributed by atoms with van der Waals surface area (Å²) in [7, 11) is 1.76. The molecule has 27 heavy (non-hydrogen) atoms. The smallest absolute Gasteiger partial charge is 0.317 e. The van der Waals surface area contributed by atoms with Gasteiger partial charge in [-0.05, 0) is 37.7 Å². The van der Waals surface area contributed by atoms with E-state index in [-0.39, 0.29) is 18.5 Å². The molecule has 1 aromatic carbocycles. The molecule has 3 rings (SSSR count). The maximum atomic E-state index is 13.4. The van der Waals surface area contributed by atoms with E-state index in [0.29, 0.717) is 37.5 Å². The van der Waals surface area contributed by atoms with E-state index in [2.05, 4.69) is 15.1 Å². The Kier molecular flexibility index (Phi) is 5.98. The summed E-state index contributed by atoms with van der Waals surface area (Å²) in [5, 5.41) is 17.5. The molecule has 144 valence electrons. The molecule has 2 aromatic rings. The number of hydrogen-bond donors (Lipinski definition) is 1. The van der Waals surface area contributed by atoms with E-state index >= 15 is 0 Å². The van der Waals surface area contributed by atoms with Crippen LogP contribution in [0.3, 0.4) is 0 Å². The topological polar surface area (TPSA) is 78.8 Å². The first-order valence-corrected chi connectivity index (χ1v) is 8.79. The highest BCUT2D eigenvalue weighted by Crippen LogP contribution is 2.24. The van der Waals surface area contributed by atoms with Crippen LogP contribution in [0.15, 0.2) is 30.3 Å². The Morgan fingerprint density at radius 2 is 2.22 bits per heavy atom. The van der Waals surface area contributed by atoms with E-state index in [4.69, 9.17) is 9.84 Å². The van der Waals surface area contributed by atoms with Gasteiger partial charge < -0.3 is 14.7 Å². The van der Waals surface area contributed by atoms with Gasteiger partial charge in [0, 0.05) is 25.2 Å². The molecule has 7 nitrogen and oxygen atoms in total. The van der Waals surface area contributed by atoms with Gasteiger partial charge in [-0.1, -0.05) is 12.1 Å². The largest absolute Gasteiger partial charge is 0.480 e. The molecule has 0 amide bonds. The Bertz CT molecular complexity index is 817. The number of rotatable bonds is 6. The van der Waals surface area contributed by atoms with E-state index in [1.807, 2.05) is 13.0 Å². The van der Waals surface area contributed by atoms with Gasteiger partial charge in [0.2, 0.25) is 0 Å². The molecule has 1 aromatic heterocycles. The molecule has 1 fully saturated rings. The Hall–Kier alpha value is -2.58. The molecule has 1 aliphatic rings. The van der Waals surface area contributed by atoms with Crippen LogP contribution in [-0.4, -0.2) is 72.1 Å². The summed E-state index contributed by atoms with van der Waals surface area (Å²) >= 11 is 0. The number of carbonyl (C=O) groups is 1. The number of aliphatic carboxylic acids is 1. The first-order chi connectivity index (χ1) is 12.9. The number of morpholine rings is 1. The molecule has 1 saturated heterocycles. The van der Waals surface area contributed by atoms with Crippen LogP contribution in [0, 0.1) is 12.7 Å². The predicted octanol–water partition coefficient (Wildman–Crippen LogP) is 1.81. The van der Waals surface area contributed by atoms with E-state index in [1.165, 1.54) is 12.1 Å². The average Bonchev–Trinajstić information content (AvgIpc) is 2.61. The van der Waals surface area contributed by atoms with E-state index < -0.39 is 5.97 Å². The third-order valence-electron chi connectivity index (χ3n) is 4.44. The van der Waals surface area contributed by atoms with Gasteiger partial charge in [-0.3, -0.25) is 9.69 Å². The summed E-state index contributed by atoms with van der Waals surface area (Å²) in [6, 6.07) is 8.18. The Balaban J connectivity index is 1.71. The number of carboxylic acids is 1. The van der Waals surface area contributed by atoms with Crippen molar-refractivity contribution in [2.24, 2.45) is 0 Å². The minimum atomic E-state index is -0.861. The molecular formula is C19H23FN4O3. The summed E-state index contributed by atoms with van der Waals surface area (Å²) in [5.41, 5.74) is 2.26. The van der Waals surface area contributed by atoms with E-state index in [9.17, 15) is 9.18 Å². The molecule has 0 saturated carbocycles. The zero-order chi connectivity index (χ0) is 19.4. The second kappa shape index (κ2) is 8.41. The standard InChI is InChI=1S/C19H23FN4O3/c1-13-8-17(14-4-3-5-15(20)9-14)21-22-19(13)24-6-7-27-16(11-24)10-23(2)12-18(25)26/h3-5,8-9,16H,6-7,10-12H2,1-2H3,(H,25,26). The third kappa shape index (κ3) is 4.99. The van der Waals surface area contributed by atoms with Gasteiger partial charge in [0.1, 0.15) is 5.82 Å². The molecule has 1 unspecified atom stereocenters. The summed E-state index contributed by atoms with van der Waals surface area (Å²) in [6.07, 6.45) is -0.104. The van der Waals surface area contributed by atoms with Crippen molar-refractivity contribution in [2.75, 3.05) is 44.7 Å². The lowest BCUT2D eigenvalue weighted by Gasteiger charge is -2.35. The van der Waals surface area contributed by atoms with Crippen molar-refractivity contribution in [1.29, 1.82) is 0 Å². The number of anilines is 1. The van der Waals surface area contributed by atoms with Gasteiger partial charge in [-0.15, -0.1) is 10.2 Å². The molecule has 2 heterocycles. The maximum absolute atomic E-state index is 13.4. The van der Waals surface area contributed by atoms with Gasteiger partial charge in [-0.25, -0.2) is 4.39 Å². The number of halogens is 1. The molecule has 1 aliphatic heterocycles. The highest BCUT2D eigenvalue weighted by Gasteiger charge is 2.24. The predicted molar refractivity (Wildman–Crippen MR) is 99.2 cm³/mol. The minimum Gasteiger partial charge on any atom is -0.480 e. The maximum Gasteiger partial charge on any atom is 0.317 e. The number of likely N-dealkylation sites (N-methyl/N-ethyl adjacent to an activating group) is 1. The summed E-state index contributed by atoms with van der Waals surface area (Å²) in [5.74, 6) is -0.401. The number of benzene rings is 1. The fourth-order valence-electron chi connectivity index (χ4n) is 3.25. The highest BCUT2D eigenvalue weighted by atomic mass is 19.1. The van der Waals surface area contributed by atoms with Crippen LogP contribution < -0.4 is 4.90 Å². The van der Waals surface area contributed by atoms with Crippen LogP contribution in [0.4, 0.5) is 10.2 Å². The molecule has 0 radical (unpaired) electrons. The summed E-state index contributed by atoms with van der Waals surface area (Å²) in [4.78, 5) is 14.6. The highest BCUT2D eigenvalue weighted by molar-refractivity contribution is 5.69. The molecule has 0 bridgehead atoms. The molecular weight excluding hydrogens is 351 g/mol. The first-order valence-electron chi connectivity index (χ1n) is 8.79. The van der Waals surface area contributed by atoms with Gasteiger partial charge in [0.15, 0.2) is 5.82 Å². The van der Waals surface area contributed by atoms with Crippen LogP contribution in [0.5, 0.6) is 0 Å². The number of aryl methyl sites for hydroxylation is 1. The second-order valence-corrected chi connectivity index (χ2v) is 6.78. The van der Waals surface area contributed by atoms with Gasteiger partial charge in [-0.2, -0.15) is 0 Å². The normalized spacial score (nSPS) is 17.3. The molecule has 8 heteroatoms. The van der Waals surface area contributed by atoms with Gasteiger partial charge in [0.05, 0.1) is 24.9 Å². The monoisotopic (exact) mass is 374 g/mol. The van der Waals surface area contributed by atoms with Crippen LogP contribution in [0.1, 0.15) is 5.56 Å². The van der Waals surface area contributed by atoms with Crippen LogP contribution in [0.25, 0.3) is 11.3 Å². The number of aromatic nitrogens is 2. The minimum absolute atomic E-state index is 0.0268. The summed E-state index contributed by atoms with van der Waals surface area (Å²) < 4.78 is 19.2. The van der Waals surface area contributed by atoms with Crippen molar-refractivity contribution in [2.45, 2.75) is 13.0 Å². The van der Waals surface area contributed by atoms with Crippen molar-refractivity contribution in [3.63, 3.8) is 0 Å². The fraction of sp³-hybridized carbons (Fsp3) is 0.421. The Morgan fingerprint density at radius 1 is 1.41 bits per heavy atom. The van der Waals surface area contributed by atoms with Crippen molar-refractivity contribution < 1.29 is 19.0 Å². The fourth-order valence-corrected chi connectivity index (χ4v) is 3.25. The third-order valence-corrected chi connectivity index (χ3v) is 4.44. The van der Waals surface area contributed by atoms with E-state index in [1.54, 1.807) is 24.1 Å². The number of carboxylic acid groups (broad SMARTS) is 1. The summed E-state index contributed by atoms with van der Waals surface area (Å²) in [6.45, 7) is 4.29. The van der Waals surface area contributed by atoms with Crippen molar-refractivity contribution in [3.05, 3.63) is 41.7 Å². The lowest BCUT2D eigenvalue weighted by Crippen LogP contribution is -2.48. The number of ether oxygens (including phenoxy) is 1. The quantitative estimate of drug-likeness (QED) is 0.826. The average molecular weight is 374 g/mol. The molecule has 1 N–H and O–H groups in total. The van der Waals surface area contributed by atoms with Gasteiger partial charge >= 0.3 is 5.97 Å². The molecule has 0 spiro atoms. The van der Waals surface area contributed by atoms with Crippen molar-refractivity contribution in [3.8, 4) is 11.3 Å². The van der Waals surface area contributed by atoms with Crippen molar-refractivity contribution >= 4 is 11.8 Å². The molecule has 1 atom stereocenters. The van der Waals surface area contributed by atoms with Gasteiger partial charge in [0.25, 0.3) is 0 Å². The lowest BCUT2D eigenvalue weighted by molar-refractivity contribution is -0.138. The SMILES string of the molecule is Cc1cc(-c2cccc(F)c2)nnc1N1CCOC(CN(C)CC(=O)O)C1. The van der Waals surface area contributed by atoms with Crippen molar-refractivity contribution in [1.82, 2.24) is 15.1 Å². The van der Waals surface area contributed by atoms with Crippen LogP contribution >= 0.6 is 0 Å².